The van der Waals surface area contributed by atoms with Crippen LogP contribution in [0.4, 0.5) is 0 Å². The average molecular weight is 363 g/mol. The Hall–Kier alpha value is -2.00. The average Bonchev–Trinajstić information content (AvgIpc) is 3.11. The minimum Gasteiger partial charge on any atom is -0.465 e. The van der Waals surface area contributed by atoms with E-state index in [1.54, 1.807) is 0 Å². The van der Waals surface area contributed by atoms with Gasteiger partial charge in [-0.2, -0.15) is 0 Å². The molecule has 0 atom stereocenters. The van der Waals surface area contributed by atoms with E-state index in [1.165, 1.54) is 30.2 Å². The number of thiophene rings is 1. The number of aromatic amines is 1. The standard InChI is InChI=1S/C15H17N5O2S2/c1-6(2)11-18-15(20-19-11)24-13-9-7(3)10(14(21)22-5)23-12(9)16-8(4)17-13/h6H,1-5H3,(H,18,19,20). The number of nitrogens with zero attached hydrogens (tertiary/aromatic N) is 4. The van der Waals surface area contributed by atoms with Gasteiger partial charge in [0.15, 0.2) is 0 Å². The molecule has 24 heavy (non-hydrogen) atoms. The summed E-state index contributed by atoms with van der Waals surface area (Å²) in [6.45, 7) is 7.81. The van der Waals surface area contributed by atoms with Gasteiger partial charge in [0.2, 0.25) is 5.16 Å². The molecular formula is C15H17N5O2S2. The van der Waals surface area contributed by atoms with Gasteiger partial charge in [-0.3, -0.25) is 5.10 Å². The normalized spacial score (nSPS) is 11.4. The summed E-state index contributed by atoms with van der Waals surface area (Å²) in [7, 11) is 1.37. The maximum atomic E-state index is 11.9. The van der Waals surface area contributed by atoms with E-state index < -0.39 is 0 Å². The lowest BCUT2D eigenvalue weighted by Gasteiger charge is -2.02. The van der Waals surface area contributed by atoms with E-state index in [1.807, 2.05) is 27.7 Å². The fourth-order valence-corrected chi connectivity index (χ4v) is 4.36. The molecule has 0 amide bonds. The summed E-state index contributed by atoms with van der Waals surface area (Å²) in [6, 6.07) is 0. The molecule has 0 aliphatic heterocycles. The minimum absolute atomic E-state index is 0.271. The molecule has 0 fully saturated rings. The van der Waals surface area contributed by atoms with Crippen LogP contribution >= 0.6 is 23.1 Å². The lowest BCUT2D eigenvalue weighted by molar-refractivity contribution is 0.0605. The van der Waals surface area contributed by atoms with Crippen LogP contribution in [0.15, 0.2) is 10.2 Å². The van der Waals surface area contributed by atoms with Gasteiger partial charge < -0.3 is 4.74 Å². The molecule has 9 heteroatoms. The molecule has 3 aromatic rings. The van der Waals surface area contributed by atoms with Crippen molar-refractivity contribution in [1.82, 2.24) is 25.1 Å². The van der Waals surface area contributed by atoms with Gasteiger partial charge >= 0.3 is 5.97 Å². The van der Waals surface area contributed by atoms with E-state index >= 15 is 0 Å². The molecule has 0 aliphatic rings. The summed E-state index contributed by atoms with van der Waals surface area (Å²) < 4.78 is 4.85. The lowest BCUT2D eigenvalue weighted by Crippen LogP contribution is -1.99. The van der Waals surface area contributed by atoms with E-state index in [-0.39, 0.29) is 11.9 Å². The van der Waals surface area contributed by atoms with Crippen molar-refractivity contribution < 1.29 is 9.53 Å². The number of carbonyl (C=O) groups excluding carboxylic acids is 1. The first-order valence-electron chi connectivity index (χ1n) is 7.37. The highest BCUT2D eigenvalue weighted by Gasteiger charge is 2.22. The lowest BCUT2D eigenvalue weighted by atomic mass is 10.2. The molecule has 0 saturated carbocycles. The summed E-state index contributed by atoms with van der Waals surface area (Å²) in [6.07, 6.45) is 0. The van der Waals surface area contributed by atoms with E-state index in [2.05, 4.69) is 25.1 Å². The second-order valence-corrected chi connectivity index (χ2v) is 7.52. The fourth-order valence-electron chi connectivity index (χ4n) is 2.21. The molecule has 7 nitrogen and oxygen atoms in total. The van der Waals surface area contributed by atoms with Crippen molar-refractivity contribution in [3.8, 4) is 0 Å². The van der Waals surface area contributed by atoms with Crippen LogP contribution in [-0.4, -0.2) is 38.2 Å². The number of ether oxygens (including phenoxy) is 1. The number of hydrogen-bond acceptors (Lipinski definition) is 8. The van der Waals surface area contributed by atoms with Gasteiger partial charge in [-0.15, -0.1) is 16.4 Å². The molecule has 0 radical (unpaired) electrons. The summed E-state index contributed by atoms with van der Waals surface area (Å²) >= 11 is 2.68. The number of hydrogen-bond donors (Lipinski definition) is 1. The van der Waals surface area contributed by atoms with Gasteiger partial charge in [0.1, 0.15) is 26.4 Å². The van der Waals surface area contributed by atoms with Gasteiger partial charge in [-0.05, 0) is 31.2 Å². The Morgan fingerprint density at radius 1 is 1.25 bits per heavy atom. The number of nitrogens with one attached hydrogen (secondary N) is 1. The third-order valence-corrected chi connectivity index (χ3v) is 5.48. The van der Waals surface area contributed by atoms with Crippen molar-refractivity contribution in [1.29, 1.82) is 0 Å². The fraction of sp³-hybridized carbons (Fsp3) is 0.400. The van der Waals surface area contributed by atoms with E-state index in [0.717, 1.165) is 26.6 Å². The highest BCUT2D eigenvalue weighted by Crippen LogP contribution is 2.37. The van der Waals surface area contributed by atoms with E-state index in [4.69, 9.17) is 4.74 Å². The van der Waals surface area contributed by atoms with Crippen molar-refractivity contribution in [2.24, 2.45) is 0 Å². The first-order valence-corrected chi connectivity index (χ1v) is 9.00. The number of carbonyl (C=O) groups is 1. The Labute approximate surface area is 147 Å². The zero-order chi connectivity index (χ0) is 17.4. The number of rotatable bonds is 4. The first kappa shape index (κ1) is 16.8. The molecular weight excluding hydrogens is 346 g/mol. The smallest absolute Gasteiger partial charge is 0.348 e. The topological polar surface area (TPSA) is 93.6 Å². The number of esters is 1. The Morgan fingerprint density at radius 3 is 2.62 bits per heavy atom. The van der Waals surface area contributed by atoms with Gasteiger partial charge in [-0.25, -0.2) is 19.7 Å². The molecule has 3 heterocycles. The van der Waals surface area contributed by atoms with E-state index in [0.29, 0.717) is 15.9 Å². The predicted octanol–water partition coefficient (Wildman–Crippen LogP) is 3.49. The molecule has 3 aromatic heterocycles. The third kappa shape index (κ3) is 3.01. The van der Waals surface area contributed by atoms with Gasteiger partial charge in [0.25, 0.3) is 0 Å². The largest absolute Gasteiger partial charge is 0.465 e. The van der Waals surface area contributed by atoms with Crippen molar-refractivity contribution in [3.63, 3.8) is 0 Å². The maximum Gasteiger partial charge on any atom is 0.348 e. The van der Waals surface area contributed by atoms with Crippen LogP contribution in [0.5, 0.6) is 0 Å². The van der Waals surface area contributed by atoms with Crippen LogP contribution < -0.4 is 0 Å². The van der Waals surface area contributed by atoms with Gasteiger partial charge in [-0.1, -0.05) is 13.8 Å². The van der Waals surface area contributed by atoms with Gasteiger partial charge in [0, 0.05) is 11.3 Å². The second-order valence-electron chi connectivity index (χ2n) is 5.56. The number of aromatic nitrogens is 5. The Kier molecular flexibility index (Phi) is 4.55. The monoisotopic (exact) mass is 363 g/mol. The maximum absolute atomic E-state index is 11.9. The Balaban J connectivity index is 2.09. The summed E-state index contributed by atoms with van der Waals surface area (Å²) in [5.41, 5.74) is 0.823. The van der Waals surface area contributed by atoms with Crippen LogP contribution in [0.3, 0.4) is 0 Å². The Bertz CT molecular complexity index is 916. The molecule has 0 spiro atoms. The molecule has 1 N–H and O–H groups in total. The zero-order valence-electron chi connectivity index (χ0n) is 14.0. The summed E-state index contributed by atoms with van der Waals surface area (Å²) in [4.78, 5) is 26.7. The third-order valence-electron chi connectivity index (χ3n) is 3.46. The quantitative estimate of drug-likeness (QED) is 0.560. The van der Waals surface area contributed by atoms with Crippen LogP contribution in [-0.2, 0) is 4.74 Å². The summed E-state index contributed by atoms with van der Waals surface area (Å²) in [5.74, 6) is 1.39. The molecule has 0 bridgehead atoms. The number of H-pyrrole nitrogens is 1. The predicted molar refractivity (Wildman–Crippen MR) is 92.8 cm³/mol. The van der Waals surface area contributed by atoms with Crippen molar-refractivity contribution >= 4 is 39.3 Å². The molecule has 3 rings (SSSR count). The second kappa shape index (κ2) is 6.48. The van der Waals surface area contributed by atoms with Crippen molar-refractivity contribution in [2.75, 3.05) is 7.11 Å². The number of fused-ring (bicyclic) bond motifs is 1. The van der Waals surface area contributed by atoms with Crippen LogP contribution in [0, 0.1) is 13.8 Å². The molecule has 0 unspecified atom stereocenters. The van der Waals surface area contributed by atoms with Crippen LogP contribution in [0.25, 0.3) is 10.2 Å². The van der Waals surface area contributed by atoms with Crippen molar-refractivity contribution in [2.45, 2.75) is 43.8 Å². The van der Waals surface area contributed by atoms with Crippen LogP contribution in [0.1, 0.15) is 46.6 Å². The minimum atomic E-state index is -0.357. The van der Waals surface area contributed by atoms with E-state index in [9.17, 15) is 4.79 Å². The highest BCUT2D eigenvalue weighted by atomic mass is 32.2. The van der Waals surface area contributed by atoms with Crippen molar-refractivity contribution in [3.05, 3.63) is 22.1 Å². The highest BCUT2D eigenvalue weighted by molar-refractivity contribution is 7.99. The first-order chi connectivity index (χ1) is 11.4. The SMILES string of the molecule is COC(=O)c1sc2nc(C)nc(Sc3n[nH]c(C(C)C)n3)c2c1C. The van der Waals surface area contributed by atoms with Gasteiger partial charge in [0.05, 0.1) is 7.11 Å². The number of methoxy groups -OCH3 is 1. The zero-order valence-corrected chi connectivity index (χ0v) is 15.6. The number of aryl methyl sites for hydroxylation is 2. The van der Waals surface area contributed by atoms with Crippen LogP contribution in [0.2, 0.25) is 0 Å². The Morgan fingerprint density at radius 2 is 2.00 bits per heavy atom. The molecule has 0 aromatic carbocycles. The molecule has 126 valence electrons. The molecule has 0 saturated heterocycles. The summed E-state index contributed by atoms with van der Waals surface area (Å²) in [5, 5.41) is 9.37. The molecule has 0 aliphatic carbocycles.